The van der Waals surface area contributed by atoms with Crippen LogP contribution in [0, 0.1) is 0 Å². The van der Waals surface area contributed by atoms with Crippen LogP contribution in [0.25, 0.3) is 49.5 Å². The van der Waals surface area contributed by atoms with E-state index in [1.807, 2.05) is 43.4 Å². The molecule has 0 aliphatic rings. The van der Waals surface area contributed by atoms with Gasteiger partial charge in [-0.3, -0.25) is 4.99 Å². The van der Waals surface area contributed by atoms with Gasteiger partial charge in [0.05, 0.1) is 0 Å². The number of nitrogen functional groups attached to an aromatic ring is 1. The Hall–Kier alpha value is -6.75. The number of benzene rings is 7. The molecule has 0 saturated carbocycles. The molecular weight excluding hydrogens is 681 g/mol. The van der Waals surface area contributed by atoms with E-state index in [1.165, 1.54) is 51.5 Å². The Balaban J connectivity index is 0.000000941. The van der Waals surface area contributed by atoms with Gasteiger partial charge in [0, 0.05) is 23.0 Å². The highest BCUT2D eigenvalue weighted by atomic mass is 14.6. The Morgan fingerprint density at radius 3 is 1.96 bits per heavy atom. The molecular formula is C52H52N4. The van der Waals surface area contributed by atoms with Gasteiger partial charge in [0.2, 0.25) is 0 Å². The van der Waals surface area contributed by atoms with Gasteiger partial charge in [-0.1, -0.05) is 146 Å². The van der Waals surface area contributed by atoms with E-state index in [1.54, 1.807) is 0 Å². The molecule has 0 aromatic heterocycles. The fourth-order valence-corrected chi connectivity index (χ4v) is 7.41. The van der Waals surface area contributed by atoms with Crippen LogP contribution >= 0.6 is 0 Å². The third-order valence-corrected chi connectivity index (χ3v) is 10.2. The second kappa shape index (κ2) is 19.0. The molecule has 1 unspecified atom stereocenters. The molecule has 7 aromatic carbocycles. The summed E-state index contributed by atoms with van der Waals surface area (Å²) in [6.45, 7) is 14.7. The maximum absolute atomic E-state index is 6.89. The number of hydrogen-bond acceptors (Lipinski definition) is 4. The topological polar surface area (TPSA) is 90.4 Å². The second-order valence-electron chi connectivity index (χ2n) is 13.4. The fourth-order valence-electron chi connectivity index (χ4n) is 7.41. The lowest BCUT2D eigenvalue weighted by molar-refractivity contribution is 0.702. The molecule has 0 heterocycles. The maximum atomic E-state index is 6.89. The number of nitrogens with zero attached hydrogens (tertiary/aromatic N) is 1. The van der Waals surface area contributed by atoms with E-state index in [-0.39, 0.29) is 0 Å². The molecule has 0 amide bonds. The molecule has 7 aromatic rings. The van der Waals surface area contributed by atoms with Gasteiger partial charge < -0.3 is 17.2 Å². The van der Waals surface area contributed by atoms with Crippen LogP contribution in [0.4, 0.5) is 5.69 Å². The van der Waals surface area contributed by atoms with Crippen LogP contribution in [0.15, 0.2) is 194 Å². The van der Waals surface area contributed by atoms with Crippen molar-refractivity contribution in [3.63, 3.8) is 0 Å². The lowest BCUT2D eigenvalue weighted by atomic mass is 9.68. The third-order valence-electron chi connectivity index (χ3n) is 10.2. The van der Waals surface area contributed by atoms with Crippen molar-refractivity contribution in [3.8, 4) is 22.3 Å². The van der Waals surface area contributed by atoms with Gasteiger partial charge >= 0.3 is 0 Å². The van der Waals surface area contributed by atoms with Crippen LogP contribution in [0.1, 0.15) is 41.7 Å². The van der Waals surface area contributed by atoms with Crippen LogP contribution in [0.2, 0.25) is 0 Å². The largest absolute Gasteiger partial charge is 0.398 e. The summed E-state index contributed by atoms with van der Waals surface area (Å²) in [5.41, 5.74) is 29.0. The Labute approximate surface area is 332 Å². The van der Waals surface area contributed by atoms with E-state index < -0.39 is 5.41 Å². The van der Waals surface area contributed by atoms with Crippen molar-refractivity contribution in [2.45, 2.75) is 25.7 Å². The molecule has 0 saturated heterocycles. The first-order chi connectivity index (χ1) is 27.3. The molecule has 6 N–H and O–H groups in total. The van der Waals surface area contributed by atoms with Gasteiger partial charge in [0.1, 0.15) is 0 Å². The SMILES string of the molecule is C=CCc1ccc(-c2cc(-c3ccc(/C(N)=C/C=C\C)cc3)cc(C(C)(c3ccccc3N)c3cccc4ccccc34)c2)c2ccccc12.C=CN=C.CN. The molecule has 0 spiro atoms. The first-order valence-corrected chi connectivity index (χ1v) is 18.8. The van der Waals surface area contributed by atoms with Gasteiger partial charge in [0.25, 0.3) is 0 Å². The smallest absolute Gasteiger partial charge is 0.0450 e. The number of hydrogen-bond donors (Lipinski definition) is 3. The average molecular weight is 733 g/mol. The molecule has 280 valence electrons. The number of para-hydroxylation sites is 1. The van der Waals surface area contributed by atoms with Gasteiger partial charge in [-0.25, -0.2) is 0 Å². The number of allylic oxidation sites excluding steroid dienone is 4. The minimum absolute atomic E-state index is 0.588. The third kappa shape index (κ3) is 8.47. The molecule has 56 heavy (non-hydrogen) atoms. The van der Waals surface area contributed by atoms with Crippen LogP contribution in [-0.4, -0.2) is 13.8 Å². The number of aliphatic imine (C=N–C) groups is 1. The summed E-state index contributed by atoms with van der Waals surface area (Å²) in [5.74, 6) is 0. The predicted molar refractivity (Wildman–Crippen MR) is 246 cm³/mol. The van der Waals surface area contributed by atoms with E-state index in [0.717, 1.165) is 51.2 Å². The minimum Gasteiger partial charge on any atom is -0.398 e. The number of rotatable bonds is 10. The molecule has 0 radical (unpaired) electrons. The summed E-state index contributed by atoms with van der Waals surface area (Å²) in [6.07, 6.45) is 10.1. The van der Waals surface area contributed by atoms with Crippen LogP contribution < -0.4 is 17.2 Å². The molecule has 4 heteroatoms. The maximum Gasteiger partial charge on any atom is 0.0450 e. The summed E-state index contributed by atoms with van der Waals surface area (Å²) in [6, 6.07) is 52.4. The Morgan fingerprint density at radius 1 is 0.679 bits per heavy atom. The molecule has 4 nitrogen and oxygen atoms in total. The van der Waals surface area contributed by atoms with Crippen molar-refractivity contribution in [1.82, 2.24) is 0 Å². The number of nitrogens with two attached hydrogens (primary N) is 3. The molecule has 7 rings (SSSR count). The van der Waals surface area contributed by atoms with E-state index in [4.69, 9.17) is 11.5 Å². The van der Waals surface area contributed by atoms with Crippen molar-refractivity contribution >= 4 is 39.6 Å². The Bertz CT molecular complexity index is 2510. The van der Waals surface area contributed by atoms with Crippen molar-refractivity contribution in [2.75, 3.05) is 12.8 Å². The van der Waals surface area contributed by atoms with Gasteiger partial charge in [0.15, 0.2) is 0 Å². The molecule has 0 aliphatic carbocycles. The normalized spacial score (nSPS) is 12.2. The zero-order valence-electron chi connectivity index (χ0n) is 32.8. The Morgan fingerprint density at radius 2 is 1.29 bits per heavy atom. The summed E-state index contributed by atoms with van der Waals surface area (Å²) in [7, 11) is 1.50. The molecule has 1 atom stereocenters. The minimum atomic E-state index is -0.588. The van der Waals surface area contributed by atoms with E-state index in [0.29, 0.717) is 0 Å². The molecule has 0 bridgehead atoms. The van der Waals surface area contributed by atoms with Crippen molar-refractivity contribution in [2.24, 2.45) is 16.5 Å². The first-order valence-electron chi connectivity index (χ1n) is 18.8. The highest BCUT2D eigenvalue weighted by Crippen LogP contribution is 2.47. The van der Waals surface area contributed by atoms with Gasteiger partial charge in [-0.15, -0.1) is 6.58 Å². The highest BCUT2D eigenvalue weighted by molar-refractivity contribution is 5.99. The lowest BCUT2D eigenvalue weighted by Crippen LogP contribution is -2.27. The summed E-state index contributed by atoms with van der Waals surface area (Å²) in [4.78, 5) is 3.25. The standard InChI is InChI=1S/C48H42N2.C3H5N.CH5N/c1-4-6-22-46(49)36-26-24-33(25-27-36)37-30-38(41-29-28-34(14-5-2)40-17-9-10-19-43(40)41)32-39(31-37)48(3,45-20-11-12-23-47(45)50)44-21-13-16-35-15-7-8-18-42(35)44;1-3-4-2;1-2/h4-13,15-32H,2,14,49-50H2,1,3H3;3H,1-2H2;2H2,1H3/b6-4-,46-22-;;. The van der Waals surface area contributed by atoms with Crippen molar-refractivity contribution in [1.29, 1.82) is 0 Å². The zero-order chi connectivity index (χ0) is 40.1. The van der Waals surface area contributed by atoms with Crippen molar-refractivity contribution < 1.29 is 0 Å². The summed E-state index contributed by atoms with van der Waals surface area (Å²) in [5, 5.41) is 4.87. The quantitative estimate of drug-likeness (QED) is 0.0430. The summed E-state index contributed by atoms with van der Waals surface area (Å²) < 4.78 is 0. The second-order valence-corrected chi connectivity index (χ2v) is 13.4. The average Bonchev–Trinajstić information content (AvgIpc) is 3.26. The summed E-state index contributed by atoms with van der Waals surface area (Å²) >= 11 is 0. The van der Waals surface area contributed by atoms with E-state index in [9.17, 15) is 0 Å². The fraction of sp³-hybridized carbons (Fsp3) is 0.0962. The Kier molecular flexibility index (Phi) is 13.7. The lowest BCUT2D eigenvalue weighted by Gasteiger charge is -2.35. The van der Waals surface area contributed by atoms with E-state index in [2.05, 4.69) is 171 Å². The number of anilines is 1. The number of fused-ring (bicyclic) bond motifs is 2. The van der Waals surface area contributed by atoms with Crippen LogP contribution in [0.3, 0.4) is 0 Å². The monoisotopic (exact) mass is 732 g/mol. The molecule has 0 fully saturated rings. The first kappa shape index (κ1) is 40.4. The highest BCUT2D eigenvalue weighted by Gasteiger charge is 2.35. The predicted octanol–water partition coefficient (Wildman–Crippen LogP) is 12.3. The van der Waals surface area contributed by atoms with Gasteiger partial charge in [-0.2, -0.15) is 0 Å². The van der Waals surface area contributed by atoms with Crippen LogP contribution in [0.5, 0.6) is 0 Å². The van der Waals surface area contributed by atoms with E-state index >= 15 is 0 Å². The zero-order valence-corrected chi connectivity index (χ0v) is 32.8. The molecule has 0 aliphatic heterocycles. The van der Waals surface area contributed by atoms with Crippen LogP contribution in [-0.2, 0) is 11.8 Å². The van der Waals surface area contributed by atoms with Gasteiger partial charge in [-0.05, 0) is 136 Å². The van der Waals surface area contributed by atoms with Crippen molar-refractivity contribution in [3.05, 3.63) is 217 Å².